The Morgan fingerprint density at radius 1 is 1.38 bits per heavy atom. The largest absolute Gasteiger partial charge is 0.352 e. The minimum absolute atomic E-state index is 0.0322. The molecule has 0 aliphatic rings. The predicted molar refractivity (Wildman–Crippen MR) is 87.9 cm³/mol. The van der Waals surface area contributed by atoms with Crippen molar-refractivity contribution in [2.24, 2.45) is 5.92 Å². The molecule has 0 fully saturated rings. The first-order valence-electron chi connectivity index (χ1n) is 7.32. The molecule has 0 aliphatic heterocycles. The predicted octanol–water partition coefficient (Wildman–Crippen LogP) is 3.93. The Hall–Kier alpha value is -1.61. The number of alkyl halides is 1. The van der Waals surface area contributed by atoms with Crippen LogP contribution in [0, 0.1) is 12.8 Å². The summed E-state index contributed by atoms with van der Waals surface area (Å²) in [6, 6.07) is 9.58. The highest BCUT2D eigenvalue weighted by Gasteiger charge is 2.11. The number of pyridine rings is 1. The molecule has 0 radical (unpaired) electrons. The molecule has 2 rings (SSSR count). The number of hydrogen-bond acceptors (Lipinski definition) is 2. The second kappa shape index (κ2) is 7.41. The summed E-state index contributed by atoms with van der Waals surface area (Å²) < 4.78 is 0. The monoisotopic (exact) mass is 304 g/mol. The molecule has 112 valence electrons. The summed E-state index contributed by atoms with van der Waals surface area (Å²) >= 11 is 5.78. The lowest BCUT2D eigenvalue weighted by molar-refractivity contribution is 0.0954. The maximum Gasteiger partial charge on any atom is 0.252 e. The van der Waals surface area contributed by atoms with Crippen LogP contribution in [-0.4, -0.2) is 23.3 Å². The van der Waals surface area contributed by atoms with E-state index >= 15 is 0 Å². The Labute approximate surface area is 130 Å². The van der Waals surface area contributed by atoms with E-state index in [1.807, 2.05) is 37.3 Å². The van der Waals surface area contributed by atoms with Crippen molar-refractivity contribution in [3.8, 4) is 0 Å². The first kappa shape index (κ1) is 15.8. The second-order valence-corrected chi connectivity index (χ2v) is 5.79. The van der Waals surface area contributed by atoms with E-state index in [0.29, 0.717) is 23.9 Å². The lowest BCUT2D eigenvalue weighted by atomic mass is 10.1. The fourth-order valence-electron chi connectivity index (χ4n) is 2.32. The lowest BCUT2D eigenvalue weighted by Crippen LogP contribution is -2.25. The van der Waals surface area contributed by atoms with Crippen molar-refractivity contribution in [1.29, 1.82) is 0 Å². The Morgan fingerprint density at radius 3 is 2.90 bits per heavy atom. The molecule has 0 saturated carbocycles. The van der Waals surface area contributed by atoms with Gasteiger partial charge in [-0.2, -0.15) is 0 Å². The molecule has 21 heavy (non-hydrogen) atoms. The van der Waals surface area contributed by atoms with Gasteiger partial charge in [-0.1, -0.05) is 25.1 Å². The molecule has 0 bridgehead atoms. The molecule has 1 atom stereocenters. The lowest BCUT2D eigenvalue weighted by Gasteiger charge is -2.10. The summed E-state index contributed by atoms with van der Waals surface area (Å²) in [4.78, 5) is 16.8. The number of carbonyl (C=O) groups is 1. The van der Waals surface area contributed by atoms with Crippen LogP contribution < -0.4 is 5.32 Å². The van der Waals surface area contributed by atoms with Crippen LogP contribution in [0.25, 0.3) is 10.9 Å². The number of amides is 1. The van der Waals surface area contributed by atoms with E-state index in [0.717, 1.165) is 29.4 Å². The summed E-state index contributed by atoms with van der Waals surface area (Å²) in [5.74, 6) is 1.13. The number of rotatable bonds is 6. The van der Waals surface area contributed by atoms with Gasteiger partial charge in [0.1, 0.15) is 0 Å². The number of nitrogens with zero attached hydrogens (tertiary/aromatic N) is 1. The zero-order chi connectivity index (χ0) is 15.2. The first-order chi connectivity index (χ1) is 10.1. The Bertz CT molecular complexity index is 627. The summed E-state index contributed by atoms with van der Waals surface area (Å²) in [5.41, 5.74) is 2.41. The zero-order valence-corrected chi connectivity index (χ0v) is 13.3. The van der Waals surface area contributed by atoms with Crippen LogP contribution >= 0.6 is 11.6 Å². The number of para-hydroxylation sites is 1. The van der Waals surface area contributed by atoms with Gasteiger partial charge >= 0.3 is 0 Å². The number of halogens is 1. The molecule has 1 unspecified atom stereocenters. The van der Waals surface area contributed by atoms with Crippen molar-refractivity contribution >= 4 is 28.4 Å². The van der Waals surface area contributed by atoms with E-state index < -0.39 is 0 Å². The molecular weight excluding hydrogens is 284 g/mol. The molecule has 1 amide bonds. The van der Waals surface area contributed by atoms with Crippen LogP contribution in [0.3, 0.4) is 0 Å². The summed E-state index contributed by atoms with van der Waals surface area (Å²) in [7, 11) is 0. The minimum Gasteiger partial charge on any atom is -0.352 e. The second-order valence-electron chi connectivity index (χ2n) is 5.49. The standard InChI is InChI=1S/C17H21ClN2O/c1-12(11-18)6-5-9-19-17(21)15-10-13(2)20-16-8-4-3-7-14(15)16/h3-4,7-8,10,12H,5-6,9,11H2,1-2H3,(H,19,21). The van der Waals surface area contributed by atoms with Crippen LogP contribution in [0.5, 0.6) is 0 Å². The quantitative estimate of drug-likeness (QED) is 0.649. The Balaban J connectivity index is 2.06. The molecule has 1 N–H and O–H groups in total. The topological polar surface area (TPSA) is 42.0 Å². The Kier molecular flexibility index (Phi) is 5.57. The van der Waals surface area contributed by atoms with Crippen molar-refractivity contribution in [3.63, 3.8) is 0 Å². The number of fused-ring (bicyclic) bond motifs is 1. The average molecular weight is 305 g/mol. The van der Waals surface area contributed by atoms with Crippen molar-refractivity contribution in [1.82, 2.24) is 10.3 Å². The van der Waals surface area contributed by atoms with E-state index in [4.69, 9.17) is 11.6 Å². The van der Waals surface area contributed by atoms with E-state index in [1.54, 1.807) is 0 Å². The van der Waals surface area contributed by atoms with Crippen LogP contribution in [0.2, 0.25) is 0 Å². The molecule has 1 heterocycles. The molecule has 0 spiro atoms. The maximum atomic E-state index is 12.4. The fraction of sp³-hybridized carbons (Fsp3) is 0.412. The molecule has 1 aromatic heterocycles. The van der Waals surface area contributed by atoms with Gasteiger partial charge in [-0.3, -0.25) is 9.78 Å². The van der Waals surface area contributed by atoms with Crippen molar-refractivity contribution in [3.05, 3.63) is 41.6 Å². The number of nitrogens with one attached hydrogen (secondary N) is 1. The molecule has 2 aromatic rings. The summed E-state index contributed by atoms with van der Waals surface area (Å²) in [6.07, 6.45) is 1.97. The third kappa shape index (κ3) is 4.18. The van der Waals surface area contributed by atoms with Crippen molar-refractivity contribution < 1.29 is 4.79 Å². The number of aryl methyl sites for hydroxylation is 1. The normalized spacial score (nSPS) is 12.3. The van der Waals surface area contributed by atoms with Gasteiger partial charge in [-0.05, 0) is 37.8 Å². The van der Waals surface area contributed by atoms with E-state index in [-0.39, 0.29) is 5.91 Å². The third-order valence-electron chi connectivity index (χ3n) is 3.51. The van der Waals surface area contributed by atoms with Gasteiger partial charge in [0.2, 0.25) is 0 Å². The van der Waals surface area contributed by atoms with Gasteiger partial charge < -0.3 is 5.32 Å². The van der Waals surface area contributed by atoms with Gasteiger partial charge in [0.15, 0.2) is 0 Å². The highest BCUT2D eigenvalue weighted by atomic mass is 35.5. The van der Waals surface area contributed by atoms with Crippen LogP contribution in [0.4, 0.5) is 0 Å². The smallest absolute Gasteiger partial charge is 0.252 e. The van der Waals surface area contributed by atoms with Gasteiger partial charge in [0.05, 0.1) is 11.1 Å². The van der Waals surface area contributed by atoms with E-state index in [1.165, 1.54) is 0 Å². The van der Waals surface area contributed by atoms with Crippen LogP contribution in [0.15, 0.2) is 30.3 Å². The van der Waals surface area contributed by atoms with Crippen LogP contribution in [-0.2, 0) is 0 Å². The van der Waals surface area contributed by atoms with Gasteiger partial charge in [0.25, 0.3) is 5.91 Å². The van der Waals surface area contributed by atoms with Gasteiger partial charge in [-0.15, -0.1) is 11.6 Å². The van der Waals surface area contributed by atoms with Crippen molar-refractivity contribution in [2.75, 3.05) is 12.4 Å². The molecule has 1 aromatic carbocycles. The SMILES string of the molecule is Cc1cc(C(=O)NCCCC(C)CCl)c2ccccc2n1. The maximum absolute atomic E-state index is 12.4. The highest BCUT2D eigenvalue weighted by molar-refractivity contribution is 6.18. The van der Waals surface area contributed by atoms with Gasteiger partial charge in [0, 0.05) is 23.5 Å². The highest BCUT2D eigenvalue weighted by Crippen LogP contribution is 2.18. The van der Waals surface area contributed by atoms with Gasteiger partial charge in [-0.25, -0.2) is 0 Å². The minimum atomic E-state index is -0.0322. The van der Waals surface area contributed by atoms with Crippen LogP contribution in [0.1, 0.15) is 35.8 Å². The number of carbonyl (C=O) groups excluding carboxylic acids is 1. The Morgan fingerprint density at radius 2 is 2.14 bits per heavy atom. The fourth-order valence-corrected chi connectivity index (χ4v) is 2.47. The summed E-state index contributed by atoms with van der Waals surface area (Å²) in [6.45, 7) is 4.70. The molecule has 0 saturated heterocycles. The molecular formula is C17H21ClN2O. The van der Waals surface area contributed by atoms with E-state index in [9.17, 15) is 4.79 Å². The van der Waals surface area contributed by atoms with E-state index in [2.05, 4.69) is 17.2 Å². The molecule has 0 aliphatic carbocycles. The first-order valence-corrected chi connectivity index (χ1v) is 7.86. The third-order valence-corrected chi connectivity index (χ3v) is 4.04. The number of hydrogen-bond donors (Lipinski definition) is 1. The molecule has 3 nitrogen and oxygen atoms in total. The van der Waals surface area contributed by atoms with Crippen molar-refractivity contribution in [2.45, 2.75) is 26.7 Å². The number of aromatic nitrogens is 1. The summed E-state index contributed by atoms with van der Waals surface area (Å²) in [5, 5.41) is 3.89. The number of benzene rings is 1. The zero-order valence-electron chi connectivity index (χ0n) is 12.5. The molecule has 4 heteroatoms. The average Bonchev–Trinajstić information content (AvgIpc) is 2.50.